The van der Waals surface area contributed by atoms with Crippen LogP contribution in [0.25, 0.3) is 10.2 Å². The van der Waals surface area contributed by atoms with Crippen LogP contribution in [-0.2, 0) is 6.42 Å². The average Bonchev–Trinajstić information content (AvgIpc) is 3.06. The molecule has 1 aromatic heterocycles. The highest BCUT2D eigenvalue weighted by molar-refractivity contribution is 7.20. The molecule has 0 aliphatic heterocycles. The van der Waals surface area contributed by atoms with E-state index in [4.69, 9.17) is 9.47 Å². The van der Waals surface area contributed by atoms with Crippen LogP contribution in [0.2, 0.25) is 0 Å². The van der Waals surface area contributed by atoms with Gasteiger partial charge in [-0.1, -0.05) is 41.7 Å². The molecular formula is C26H37N2O3S+. The number of aliphatic hydroxyl groups is 1. The Labute approximate surface area is 196 Å². The average molecular weight is 458 g/mol. The molecule has 32 heavy (non-hydrogen) atoms. The van der Waals surface area contributed by atoms with Gasteiger partial charge in [0.05, 0.1) is 37.0 Å². The van der Waals surface area contributed by atoms with Crippen molar-refractivity contribution >= 4 is 21.6 Å². The lowest BCUT2D eigenvalue weighted by Crippen LogP contribution is -2.44. The van der Waals surface area contributed by atoms with Gasteiger partial charge in [0, 0.05) is 18.1 Å². The Balaban J connectivity index is 1.87. The summed E-state index contributed by atoms with van der Waals surface area (Å²) >= 11 is 1.49. The molecular weight excluding hydrogens is 420 g/mol. The van der Waals surface area contributed by atoms with Crippen LogP contribution in [0, 0.1) is 0 Å². The molecule has 0 aliphatic rings. The largest absolute Gasteiger partial charge is 0.488 e. The van der Waals surface area contributed by atoms with Crippen LogP contribution in [0.3, 0.4) is 0 Å². The quantitative estimate of drug-likeness (QED) is 0.424. The molecule has 0 fully saturated rings. The van der Waals surface area contributed by atoms with Crippen molar-refractivity contribution in [3.8, 4) is 10.9 Å². The summed E-state index contributed by atoms with van der Waals surface area (Å²) in [5.74, 6) is 0.718. The summed E-state index contributed by atoms with van der Waals surface area (Å²) < 4.78 is 13.6. The molecule has 0 saturated carbocycles. The fourth-order valence-electron chi connectivity index (χ4n) is 3.66. The summed E-state index contributed by atoms with van der Waals surface area (Å²) in [4.78, 5) is 4.66. The minimum atomic E-state index is -0.640. The topological polar surface area (TPSA) is 51.6 Å². The van der Waals surface area contributed by atoms with Gasteiger partial charge in [0.15, 0.2) is 0 Å². The second kappa shape index (κ2) is 9.77. The van der Waals surface area contributed by atoms with Crippen molar-refractivity contribution in [3.05, 3.63) is 53.6 Å². The van der Waals surface area contributed by atoms with Crippen LogP contribution in [0.5, 0.6) is 10.9 Å². The number of rotatable bonds is 9. The summed E-state index contributed by atoms with van der Waals surface area (Å²) in [5, 5.41) is 12.0. The fourth-order valence-corrected chi connectivity index (χ4v) is 4.74. The lowest BCUT2D eigenvalue weighted by molar-refractivity contribution is -0.893. The SMILES string of the molecule is CC(C)Oc1nc2cc(OC(C)(C)C)cc([C@@H](O)C[N+](C)(C)CCc3ccccc3)c2s1. The molecule has 1 heterocycles. The van der Waals surface area contributed by atoms with Crippen LogP contribution in [0.4, 0.5) is 0 Å². The van der Waals surface area contributed by atoms with Gasteiger partial charge in [0.2, 0.25) is 0 Å². The van der Waals surface area contributed by atoms with E-state index in [-0.39, 0.29) is 11.7 Å². The van der Waals surface area contributed by atoms with E-state index in [1.165, 1.54) is 16.9 Å². The molecule has 0 aliphatic carbocycles. The second-order valence-electron chi connectivity index (χ2n) is 10.3. The number of quaternary nitrogens is 1. The predicted octanol–water partition coefficient (Wildman–Crippen LogP) is 5.61. The highest BCUT2D eigenvalue weighted by Crippen LogP contribution is 2.38. The molecule has 2 aromatic carbocycles. The van der Waals surface area contributed by atoms with Crippen LogP contribution in [-0.4, -0.2) is 53.5 Å². The molecule has 1 N–H and O–H groups in total. The van der Waals surface area contributed by atoms with Crippen LogP contribution < -0.4 is 9.47 Å². The fraction of sp³-hybridized carbons (Fsp3) is 0.500. The Morgan fingerprint density at radius 3 is 2.41 bits per heavy atom. The maximum absolute atomic E-state index is 11.3. The summed E-state index contributed by atoms with van der Waals surface area (Å²) in [6.07, 6.45) is 0.373. The van der Waals surface area contributed by atoms with E-state index in [9.17, 15) is 5.11 Å². The lowest BCUT2D eigenvalue weighted by atomic mass is 10.1. The predicted molar refractivity (Wildman–Crippen MR) is 133 cm³/mol. The van der Waals surface area contributed by atoms with E-state index in [2.05, 4.69) is 43.3 Å². The number of thiazole rings is 1. The van der Waals surface area contributed by atoms with Crippen LogP contribution in [0.1, 0.15) is 51.8 Å². The van der Waals surface area contributed by atoms with Crippen molar-refractivity contribution in [2.45, 2.75) is 58.8 Å². The third kappa shape index (κ3) is 6.92. The van der Waals surface area contributed by atoms with E-state index in [0.29, 0.717) is 16.2 Å². The summed E-state index contributed by atoms with van der Waals surface area (Å²) in [6.45, 7) is 11.6. The molecule has 174 valence electrons. The van der Waals surface area contributed by atoms with Gasteiger partial charge in [0.25, 0.3) is 5.19 Å². The smallest absolute Gasteiger partial charge is 0.274 e. The molecule has 1 atom stereocenters. The Hall–Kier alpha value is -2.15. The van der Waals surface area contributed by atoms with Crippen molar-refractivity contribution in [1.82, 2.24) is 4.98 Å². The molecule has 0 bridgehead atoms. The molecule has 0 saturated heterocycles. The van der Waals surface area contributed by atoms with E-state index in [1.54, 1.807) is 0 Å². The van der Waals surface area contributed by atoms with Gasteiger partial charge < -0.3 is 19.1 Å². The maximum atomic E-state index is 11.3. The van der Waals surface area contributed by atoms with Crippen molar-refractivity contribution in [2.75, 3.05) is 27.2 Å². The van der Waals surface area contributed by atoms with Gasteiger partial charge in [-0.2, -0.15) is 0 Å². The van der Waals surface area contributed by atoms with E-state index in [0.717, 1.165) is 34.5 Å². The van der Waals surface area contributed by atoms with Gasteiger partial charge >= 0.3 is 0 Å². The molecule has 0 unspecified atom stereocenters. The number of benzene rings is 2. The van der Waals surface area contributed by atoms with Gasteiger partial charge in [-0.3, -0.25) is 0 Å². The van der Waals surface area contributed by atoms with Crippen molar-refractivity contribution in [3.63, 3.8) is 0 Å². The third-order valence-corrected chi connectivity index (χ3v) is 6.12. The zero-order valence-corrected chi connectivity index (χ0v) is 21.2. The number of aliphatic hydroxyl groups excluding tert-OH is 1. The normalized spacial score (nSPS) is 13.5. The molecule has 3 rings (SSSR count). The number of likely N-dealkylation sites (N-methyl/N-ethyl adjacent to an activating group) is 1. The number of ether oxygens (including phenoxy) is 2. The standard InChI is InChI=1S/C26H37N2O3S/c1-18(2)30-25-27-22-16-20(31-26(3,4)5)15-21(24(22)32-25)23(29)17-28(6,7)14-13-19-11-9-8-10-12-19/h8-12,15-16,18,23,29H,13-14,17H2,1-7H3/q+1/t23-/m0/s1. The number of hydrogen-bond acceptors (Lipinski definition) is 5. The molecule has 6 heteroatoms. The van der Waals surface area contributed by atoms with Crippen molar-refractivity contribution in [2.24, 2.45) is 0 Å². The molecule has 5 nitrogen and oxygen atoms in total. The van der Waals surface area contributed by atoms with Crippen LogP contribution >= 0.6 is 11.3 Å². The third-order valence-electron chi connectivity index (χ3n) is 5.11. The summed E-state index contributed by atoms with van der Waals surface area (Å²) in [5.41, 5.74) is 2.63. The van der Waals surface area contributed by atoms with Gasteiger partial charge in [-0.05, 0) is 46.2 Å². The Kier molecular flexibility index (Phi) is 7.48. The Morgan fingerprint density at radius 2 is 1.78 bits per heavy atom. The number of hydrogen-bond donors (Lipinski definition) is 1. The number of aromatic nitrogens is 1. The lowest BCUT2D eigenvalue weighted by Gasteiger charge is -2.32. The highest BCUT2D eigenvalue weighted by atomic mass is 32.1. The molecule has 3 aromatic rings. The first-order chi connectivity index (χ1) is 14.9. The summed E-state index contributed by atoms with van der Waals surface area (Å²) in [6, 6.07) is 14.4. The van der Waals surface area contributed by atoms with Gasteiger partial charge in [-0.15, -0.1) is 0 Å². The van der Waals surface area contributed by atoms with Crippen molar-refractivity contribution < 1.29 is 19.1 Å². The zero-order chi connectivity index (χ0) is 23.5. The first-order valence-corrected chi connectivity index (χ1v) is 12.1. The monoisotopic (exact) mass is 457 g/mol. The van der Waals surface area contributed by atoms with E-state index in [1.807, 2.05) is 52.8 Å². The van der Waals surface area contributed by atoms with Gasteiger partial charge in [0.1, 0.15) is 24.0 Å². The molecule has 0 amide bonds. The Morgan fingerprint density at radius 1 is 1.09 bits per heavy atom. The highest BCUT2D eigenvalue weighted by Gasteiger charge is 2.26. The Bertz CT molecular complexity index is 1020. The van der Waals surface area contributed by atoms with Crippen LogP contribution in [0.15, 0.2) is 42.5 Å². The first kappa shape index (κ1) is 24.5. The summed E-state index contributed by atoms with van der Waals surface area (Å²) in [7, 11) is 4.33. The molecule has 0 radical (unpaired) electrons. The van der Waals surface area contributed by atoms with E-state index < -0.39 is 6.10 Å². The number of fused-ring (bicyclic) bond motifs is 1. The van der Waals surface area contributed by atoms with Gasteiger partial charge in [-0.25, -0.2) is 4.98 Å². The second-order valence-corrected chi connectivity index (χ2v) is 11.3. The minimum Gasteiger partial charge on any atom is -0.488 e. The first-order valence-electron chi connectivity index (χ1n) is 11.3. The van der Waals surface area contributed by atoms with Crippen molar-refractivity contribution in [1.29, 1.82) is 0 Å². The molecule has 0 spiro atoms. The minimum absolute atomic E-state index is 0.0443. The number of nitrogens with zero attached hydrogens (tertiary/aromatic N) is 2. The maximum Gasteiger partial charge on any atom is 0.274 e. The zero-order valence-electron chi connectivity index (χ0n) is 20.4. The van der Waals surface area contributed by atoms with E-state index >= 15 is 0 Å².